The van der Waals surface area contributed by atoms with Gasteiger partial charge in [-0.1, -0.05) is 5.16 Å². The van der Waals surface area contributed by atoms with Crippen LogP contribution in [0.25, 0.3) is 0 Å². The van der Waals surface area contributed by atoms with Gasteiger partial charge in [0, 0.05) is 25.6 Å². The summed E-state index contributed by atoms with van der Waals surface area (Å²) in [5, 5.41) is 11.5. The van der Waals surface area contributed by atoms with Crippen molar-refractivity contribution >= 4 is 12.1 Å². The molecule has 1 atom stereocenters. The maximum absolute atomic E-state index is 8.44. The molecule has 0 aromatic heterocycles. The van der Waals surface area contributed by atoms with Crippen LogP contribution in [0.15, 0.2) is 10.1 Å². The molecule has 0 saturated carbocycles. The van der Waals surface area contributed by atoms with Gasteiger partial charge in [0.2, 0.25) is 0 Å². The van der Waals surface area contributed by atoms with Gasteiger partial charge in [0.1, 0.15) is 12.1 Å². The van der Waals surface area contributed by atoms with Crippen molar-refractivity contribution in [3.8, 4) is 0 Å². The zero-order valence-electron chi connectivity index (χ0n) is 8.09. The van der Waals surface area contributed by atoms with Crippen LogP contribution in [-0.4, -0.2) is 55.0 Å². The number of ether oxygens (including phenoxy) is 1. The first-order valence-corrected chi connectivity index (χ1v) is 4.94. The Labute approximate surface area is 83.1 Å². The van der Waals surface area contributed by atoms with Gasteiger partial charge in [0.15, 0.2) is 0 Å². The van der Waals surface area contributed by atoms with Gasteiger partial charge in [-0.05, 0) is 6.42 Å². The maximum Gasteiger partial charge on any atom is 0.145 e. The normalized spacial score (nSPS) is 27.6. The van der Waals surface area contributed by atoms with Gasteiger partial charge in [0.25, 0.3) is 0 Å². The SMILES string of the molecule is ON=CC1=NCCN1CC1CCOC1. The smallest absolute Gasteiger partial charge is 0.145 e. The Kier molecular flexibility index (Phi) is 2.98. The molecule has 5 heteroatoms. The second-order valence-corrected chi connectivity index (χ2v) is 3.66. The molecule has 1 saturated heterocycles. The van der Waals surface area contributed by atoms with Crippen LogP contribution in [0.2, 0.25) is 0 Å². The number of rotatable bonds is 3. The molecule has 2 aliphatic rings. The summed E-state index contributed by atoms with van der Waals surface area (Å²) < 4.78 is 5.31. The fraction of sp³-hybridized carbons (Fsp3) is 0.778. The molecule has 2 heterocycles. The van der Waals surface area contributed by atoms with E-state index in [0.717, 1.165) is 45.1 Å². The predicted octanol–water partition coefficient (Wildman–Crippen LogP) is 0.197. The Morgan fingerprint density at radius 1 is 1.71 bits per heavy atom. The minimum absolute atomic E-state index is 0.602. The average Bonchev–Trinajstić information content (AvgIpc) is 2.80. The quantitative estimate of drug-likeness (QED) is 0.399. The Hall–Kier alpha value is -1.10. The van der Waals surface area contributed by atoms with Crippen molar-refractivity contribution in [2.24, 2.45) is 16.1 Å². The monoisotopic (exact) mass is 197 g/mol. The van der Waals surface area contributed by atoms with E-state index in [-0.39, 0.29) is 0 Å². The summed E-state index contributed by atoms with van der Waals surface area (Å²) in [6.07, 6.45) is 2.53. The van der Waals surface area contributed by atoms with E-state index in [0.29, 0.717) is 5.92 Å². The Morgan fingerprint density at radius 3 is 3.36 bits per heavy atom. The standard InChI is InChI=1S/C9H15N3O2/c13-11-5-9-10-2-3-12(9)6-8-1-4-14-7-8/h5,8,13H,1-4,6-7H2. The fourth-order valence-electron chi connectivity index (χ4n) is 1.90. The molecule has 1 unspecified atom stereocenters. The summed E-state index contributed by atoms with van der Waals surface area (Å²) in [7, 11) is 0. The summed E-state index contributed by atoms with van der Waals surface area (Å²) in [5.74, 6) is 1.39. The van der Waals surface area contributed by atoms with E-state index in [9.17, 15) is 0 Å². The molecule has 0 amide bonds. The van der Waals surface area contributed by atoms with Crippen molar-refractivity contribution in [1.29, 1.82) is 0 Å². The summed E-state index contributed by atoms with van der Waals surface area (Å²) in [6.45, 7) is 4.41. The lowest BCUT2D eigenvalue weighted by atomic mass is 10.1. The number of nitrogens with zero attached hydrogens (tertiary/aromatic N) is 3. The van der Waals surface area contributed by atoms with Crippen LogP contribution in [0.4, 0.5) is 0 Å². The van der Waals surface area contributed by atoms with Crippen LogP contribution >= 0.6 is 0 Å². The molecule has 1 N–H and O–H groups in total. The predicted molar refractivity (Wildman–Crippen MR) is 53.1 cm³/mol. The molecule has 5 nitrogen and oxygen atoms in total. The van der Waals surface area contributed by atoms with E-state index in [4.69, 9.17) is 9.94 Å². The highest BCUT2D eigenvalue weighted by Crippen LogP contribution is 2.15. The Balaban J connectivity index is 1.87. The van der Waals surface area contributed by atoms with Crippen molar-refractivity contribution in [3.63, 3.8) is 0 Å². The first-order chi connectivity index (χ1) is 6.90. The molecule has 1 fully saturated rings. The van der Waals surface area contributed by atoms with Crippen molar-refractivity contribution in [3.05, 3.63) is 0 Å². The van der Waals surface area contributed by atoms with E-state index < -0.39 is 0 Å². The maximum atomic E-state index is 8.44. The Bertz CT molecular complexity index is 246. The third-order valence-corrected chi connectivity index (χ3v) is 2.64. The second kappa shape index (κ2) is 4.41. The molecule has 0 bridgehead atoms. The van der Waals surface area contributed by atoms with E-state index >= 15 is 0 Å². The van der Waals surface area contributed by atoms with Gasteiger partial charge in [0.05, 0.1) is 13.2 Å². The van der Waals surface area contributed by atoms with Crippen LogP contribution < -0.4 is 0 Å². The van der Waals surface area contributed by atoms with Crippen molar-refractivity contribution < 1.29 is 9.94 Å². The Morgan fingerprint density at radius 2 is 2.64 bits per heavy atom. The molecule has 0 radical (unpaired) electrons. The second-order valence-electron chi connectivity index (χ2n) is 3.66. The zero-order valence-corrected chi connectivity index (χ0v) is 8.09. The lowest BCUT2D eigenvalue weighted by Crippen LogP contribution is -2.33. The fourth-order valence-corrected chi connectivity index (χ4v) is 1.90. The third kappa shape index (κ3) is 2.04. The van der Waals surface area contributed by atoms with Crippen LogP contribution in [0, 0.1) is 5.92 Å². The molecule has 2 rings (SSSR count). The number of hydrogen-bond acceptors (Lipinski definition) is 5. The highest BCUT2D eigenvalue weighted by molar-refractivity contribution is 6.29. The molecule has 0 aliphatic carbocycles. The van der Waals surface area contributed by atoms with Crippen molar-refractivity contribution in [1.82, 2.24) is 4.90 Å². The summed E-state index contributed by atoms with van der Waals surface area (Å²) in [4.78, 5) is 6.39. The lowest BCUT2D eigenvalue weighted by Gasteiger charge is -2.20. The minimum atomic E-state index is 0.602. The van der Waals surface area contributed by atoms with Gasteiger partial charge in [-0.3, -0.25) is 4.99 Å². The van der Waals surface area contributed by atoms with Crippen molar-refractivity contribution in [2.45, 2.75) is 6.42 Å². The molecule has 0 spiro atoms. The van der Waals surface area contributed by atoms with E-state index in [2.05, 4.69) is 15.0 Å². The van der Waals surface area contributed by atoms with Crippen LogP contribution in [-0.2, 0) is 4.74 Å². The minimum Gasteiger partial charge on any atom is -0.411 e. The van der Waals surface area contributed by atoms with Gasteiger partial charge in [-0.25, -0.2) is 0 Å². The zero-order chi connectivity index (χ0) is 9.80. The summed E-state index contributed by atoms with van der Waals surface area (Å²) in [6, 6.07) is 0. The first kappa shape index (κ1) is 9.45. The lowest BCUT2D eigenvalue weighted by molar-refractivity contribution is 0.180. The molecular formula is C9H15N3O2. The van der Waals surface area contributed by atoms with Gasteiger partial charge >= 0.3 is 0 Å². The highest BCUT2D eigenvalue weighted by atomic mass is 16.5. The first-order valence-electron chi connectivity index (χ1n) is 4.94. The molecular weight excluding hydrogens is 182 g/mol. The molecule has 0 aromatic carbocycles. The number of hydrogen-bond donors (Lipinski definition) is 1. The third-order valence-electron chi connectivity index (χ3n) is 2.64. The van der Waals surface area contributed by atoms with Gasteiger partial charge < -0.3 is 14.8 Å². The van der Waals surface area contributed by atoms with Crippen LogP contribution in [0.1, 0.15) is 6.42 Å². The van der Waals surface area contributed by atoms with Crippen LogP contribution in [0.5, 0.6) is 0 Å². The molecule has 78 valence electrons. The molecule has 14 heavy (non-hydrogen) atoms. The highest BCUT2D eigenvalue weighted by Gasteiger charge is 2.22. The molecule has 0 aromatic rings. The van der Waals surface area contributed by atoms with E-state index in [1.54, 1.807) is 0 Å². The largest absolute Gasteiger partial charge is 0.411 e. The topological polar surface area (TPSA) is 57.4 Å². The molecule has 2 aliphatic heterocycles. The number of oxime groups is 1. The average molecular weight is 197 g/mol. The number of aliphatic imine (C=N–C) groups is 1. The van der Waals surface area contributed by atoms with E-state index in [1.165, 1.54) is 6.21 Å². The van der Waals surface area contributed by atoms with Crippen LogP contribution in [0.3, 0.4) is 0 Å². The van der Waals surface area contributed by atoms with Gasteiger partial charge in [-0.2, -0.15) is 0 Å². The van der Waals surface area contributed by atoms with E-state index in [1.807, 2.05) is 0 Å². The summed E-state index contributed by atoms with van der Waals surface area (Å²) in [5.41, 5.74) is 0. The van der Waals surface area contributed by atoms with Gasteiger partial charge in [-0.15, -0.1) is 0 Å². The summed E-state index contributed by atoms with van der Waals surface area (Å²) >= 11 is 0. The number of amidine groups is 1. The van der Waals surface area contributed by atoms with Crippen molar-refractivity contribution in [2.75, 3.05) is 32.8 Å².